The first-order valence-electron chi connectivity index (χ1n) is 6.91. The first kappa shape index (κ1) is 16.5. The third-order valence-electron chi connectivity index (χ3n) is 3.18. The van der Waals surface area contributed by atoms with Gasteiger partial charge in [0.25, 0.3) is 0 Å². The molecule has 0 heterocycles. The lowest BCUT2D eigenvalue weighted by Gasteiger charge is -2.24. The maximum atomic E-state index is 3.66. The number of rotatable bonds is 8. The zero-order valence-corrected chi connectivity index (χ0v) is 14.1. The molecule has 0 saturated carbocycles. The van der Waals surface area contributed by atoms with Gasteiger partial charge in [0.05, 0.1) is 0 Å². The van der Waals surface area contributed by atoms with Crippen LogP contribution in [-0.2, 0) is 6.54 Å². The lowest BCUT2D eigenvalue weighted by Crippen LogP contribution is -2.27. The molecule has 0 radical (unpaired) electrons. The highest BCUT2D eigenvalue weighted by molar-refractivity contribution is 9.10. The van der Waals surface area contributed by atoms with Crippen molar-refractivity contribution in [2.24, 2.45) is 0 Å². The summed E-state index contributed by atoms with van der Waals surface area (Å²) in [4.78, 5) is 4.66. The number of benzene rings is 1. The molecule has 1 aromatic rings. The Labute approximate surface area is 126 Å². The molecule has 19 heavy (non-hydrogen) atoms. The molecule has 0 unspecified atom stereocenters. The van der Waals surface area contributed by atoms with E-state index in [0.717, 1.165) is 26.2 Å². The third kappa shape index (κ3) is 5.51. The van der Waals surface area contributed by atoms with Crippen molar-refractivity contribution in [3.63, 3.8) is 0 Å². The minimum absolute atomic E-state index is 0.896. The molecule has 108 valence electrons. The van der Waals surface area contributed by atoms with Crippen LogP contribution in [0, 0.1) is 0 Å². The molecule has 0 spiro atoms. The maximum Gasteiger partial charge on any atom is 0.0377 e. The van der Waals surface area contributed by atoms with Crippen molar-refractivity contribution in [1.82, 2.24) is 10.2 Å². The minimum atomic E-state index is 0.896. The number of nitrogens with one attached hydrogen (secondary N) is 1. The van der Waals surface area contributed by atoms with Crippen LogP contribution in [0.5, 0.6) is 0 Å². The first-order chi connectivity index (χ1) is 9.08. The van der Waals surface area contributed by atoms with E-state index < -0.39 is 0 Å². The van der Waals surface area contributed by atoms with Crippen LogP contribution in [0.1, 0.15) is 18.9 Å². The fourth-order valence-corrected chi connectivity index (χ4v) is 2.62. The molecule has 3 nitrogen and oxygen atoms in total. The topological polar surface area (TPSA) is 18.5 Å². The van der Waals surface area contributed by atoms with E-state index in [-0.39, 0.29) is 0 Å². The van der Waals surface area contributed by atoms with E-state index >= 15 is 0 Å². The highest BCUT2D eigenvalue weighted by Crippen LogP contribution is 2.24. The Morgan fingerprint density at radius 1 is 1.21 bits per heavy atom. The number of hydrogen-bond donors (Lipinski definition) is 1. The van der Waals surface area contributed by atoms with E-state index in [9.17, 15) is 0 Å². The zero-order valence-electron chi connectivity index (χ0n) is 12.5. The summed E-state index contributed by atoms with van der Waals surface area (Å²) in [5.74, 6) is 0. The SMILES string of the molecule is CCN(CCCN(C)C)c1ccc(CNC)c(Br)c1. The van der Waals surface area contributed by atoms with E-state index in [2.05, 4.69) is 70.3 Å². The molecule has 1 N–H and O–H groups in total. The Kier molecular flexibility index (Phi) is 7.42. The summed E-state index contributed by atoms with van der Waals surface area (Å²) >= 11 is 3.66. The van der Waals surface area contributed by atoms with Gasteiger partial charge in [0.15, 0.2) is 0 Å². The Morgan fingerprint density at radius 3 is 2.47 bits per heavy atom. The van der Waals surface area contributed by atoms with Gasteiger partial charge in [-0.1, -0.05) is 22.0 Å². The Hall–Kier alpha value is -0.580. The quantitative estimate of drug-likeness (QED) is 0.792. The van der Waals surface area contributed by atoms with Crippen LogP contribution in [-0.4, -0.2) is 45.7 Å². The summed E-state index contributed by atoms with van der Waals surface area (Å²) in [6.45, 7) is 6.39. The second kappa shape index (κ2) is 8.56. The van der Waals surface area contributed by atoms with Crippen molar-refractivity contribution in [2.45, 2.75) is 19.9 Å². The lowest BCUT2D eigenvalue weighted by atomic mass is 10.2. The zero-order chi connectivity index (χ0) is 14.3. The molecule has 0 amide bonds. The van der Waals surface area contributed by atoms with Gasteiger partial charge in [-0.15, -0.1) is 0 Å². The molecule has 4 heteroatoms. The van der Waals surface area contributed by atoms with Crippen molar-refractivity contribution in [2.75, 3.05) is 45.7 Å². The smallest absolute Gasteiger partial charge is 0.0377 e. The van der Waals surface area contributed by atoms with Gasteiger partial charge < -0.3 is 15.1 Å². The van der Waals surface area contributed by atoms with Crippen LogP contribution in [0.3, 0.4) is 0 Å². The van der Waals surface area contributed by atoms with E-state index in [1.165, 1.54) is 22.1 Å². The van der Waals surface area contributed by atoms with Crippen LogP contribution < -0.4 is 10.2 Å². The number of hydrogen-bond acceptors (Lipinski definition) is 3. The molecule has 0 aliphatic carbocycles. The van der Waals surface area contributed by atoms with Gasteiger partial charge in [-0.05, 0) is 58.7 Å². The molecule has 1 rings (SSSR count). The summed E-state index contributed by atoms with van der Waals surface area (Å²) in [6.07, 6.45) is 1.19. The molecule has 0 atom stereocenters. The van der Waals surface area contributed by atoms with Crippen molar-refractivity contribution in [3.8, 4) is 0 Å². The van der Waals surface area contributed by atoms with Gasteiger partial charge >= 0.3 is 0 Å². The Balaban J connectivity index is 2.67. The average molecular weight is 328 g/mol. The van der Waals surface area contributed by atoms with E-state index in [4.69, 9.17) is 0 Å². The second-order valence-corrected chi connectivity index (χ2v) is 5.90. The monoisotopic (exact) mass is 327 g/mol. The normalized spacial score (nSPS) is 11.1. The van der Waals surface area contributed by atoms with Gasteiger partial charge in [0.2, 0.25) is 0 Å². The molecular weight excluding hydrogens is 302 g/mol. The maximum absolute atomic E-state index is 3.66. The third-order valence-corrected chi connectivity index (χ3v) is 3.92. The summed E-state index contributed by atoms with van der Waals surface area (Å²) < 4.78 is 1.19. The molecule has 0 fully saturated rings. The van der Waals surface area contributed by atoms with Crippen LogP contribution in [0.4, 0.5) is 5.69 Å². The first-order valence-corrected chi connectivity index (χ1v) is 7.70. The summed E-state index contributed by atoms with van der Waals surface area (Å²) in [5.41, 5.74) is 2.60. The van der Waals surface area contributed by atoms with Crippen molar-refractivity contribution >= 4 is 21.6 Å². The summed E-state index contributed by atoms with van der Waals surface area (Å²) in [5, 5.41) is 3.19. The molecule has 0 aliphatic heterocycles. The van der Waals surface area contributed by atoms with Crippen LogP contribution in [0.2, 0.25) is 0 Å². The van der Waals surface area contributed by atoms with Crippen molar-refractivity contribution in [3.05, 3.63) is 28.2 Å². The van der Waals surface area contributed by atoms with E-state index in [0.29, 0.717) is 0 Å². The Morgan fingerprint density at radius 2 is 1.95 bits per heavy atom. The van der Waals surface area contributed by atoms with E-state index in [1.807, 2.05) is 7.05 Å². The fourth-order valence-electron chi connectivity index (χ4n) is 2.11. The number of anilines is 1. The lowest BCUT2D eigenvalue weighted by molar-refractivity contribution is 0.400. The van der Waals surface area contributed by atoms with E-state index in [1.54, 1.807) is 0 Å². The standard InChI is InChI=1S/C15H26BrN3/c1-5-19(10-6-9-18(3)4)14-8-7-13(12-17-2)15(16)11-14/h7-8,11,17H,5-6,9-10,12H2,1-4H3. The number of nitrogens with zero attached hydrogens (tertiary/aromatic N) is 2. The Bertz CT molecular complexity index is 380. The fraction of sp³-hybridized carbons (Fsp3) is 0.600. The molecule has 0 aliphatic rings. The van der Waals surface area contributed by atoms with Gasteiger partial charge in [-0.2, -0.15) is 0 Å². The minimum Gasteiger partial charge on any atom is -0.372 e. The second-order valence-electron chi connectivity index (χ2n) is 5.04. The molecule has 1 aromatic carbocycles. The van der Waals surface area contributed by atoms with Crippen molar-refractivity contribution < 1.29 is 0 Å². The predicted molar refractivity (Wildman–Crippen MR) is 88.0 cm³/mol. The van der Waals surface area contributed by atoms with Gasteiger partial charge in [-0.3, -0.25) is 0 Å². The van der Waals surface area contributed by atoms with Gasteiger partial charge in [-0.25, -0.2) is 0 Å². The summed E-state index contributed by atoms with van der Waals surface area (Å²) in [6, 6.07) is 6.65. The summed E-state index contributed by atoms with van der Waals surface area (Å²) in [7, 11) is 6.22. The highest BCUT2D eigenvalue weighted by Gasteiger charge is 2.07. The molecular formula is C15H26BrN3. The van der Waals surface area contributed by atoms with Gasteiger partial charge in [0, 0.05) is 29.8 Å². The average Bonchev–Trinajstić information content (AvgIpc) is 2.37. The molecule has 0 saturated heterocycles. The van der Waals surface area contributed by atoms with Crippen molar-refractivity contribution in [1.29, 1.82) is 0 Å². The molecule has 0 aromatic heterocycles. The van der Waals surface area contributed by atoms with Crippen LogP contribution >= 0.6 is 15.9 Å². The largest absolute Gasteiger partial charge is 0.372 e. The van der Waals surface area contributed by atoms with Crippen LogP contribution in [0.15, 0.2) is 22.7 Å². The molecule has 0 bridgehead atoms. The highest BCUT2D eigenvalue weighted by atomic mass is 79.9. The predicted octanol–water partition coefficient (Wildman–Crippen LogP) is 2.95. The van der Waals surface area contributed by atoms with Crippen LogP contribution in [0.25, 0.3) is 0 Å². The number of halogens is 1. The van der Waals surface area contributed by atoms with Gasteiger partial charge in [0.1, 0.15) is 0 Å².